The molecule has 0 aromatic carbocycles. The van der Waals surface area contributed by atoms with Crippen LogP contribution in [0.1, 0.15) is 45.4 Å². The third-order valence-corrected chi connectivity index (χ3v) is 4.28. The monoisotopic (exact) mass is 280 g/mol. The number of hydrogen-bond acceptors (Lipinski definition) is 4. The number of methoxy groups -OCH3 is 1. The number of rotatable bonds is 6. The highest BCUT2D eigenvalue weighted by Gasteiger charge is 2.43. The van der Waals surface area contributed by atoms with Crippen molar-refractivity contribution in [3.05, 3.63) is 23.5 Å². The van der Waals surface area contributed by atoms with E-state index in [-0.39, 0.29) is 17.8 Å². The van der Waals surface area contributed by atoms with Crippen molar-refractivity contribution in [2.24, 2.45) is 11.8 Å². The van der Waals surface area contributed by atoms with E-state index in [1.165, 1.54) is 38.2 Å². The lowest BCUT2D eigenvalue weighted by atomic mass is 9.82. The lowest BCUT2D eigenvalue weighted by molar-refractivity contribution is -0.141. The third kappa shape index (κ3) is 3.06. The number of hydrogen-bond donors (Lipinski definition) is 1. The predicted molar refractivity (Wildman–Crippen MR) is 75.6 cm³/mol. The van der Waals surface area contributed by atoms with Crippen LogP contribution >= 0.6 is 0 Å². The third-order valence-electron chi connectivity index (χ3n) is 4.28. The molecule has 2 rings (SSSR count). The molecule has 2 aliphatic rings. The minimum Gasteiger partial charge on any atom is -0.472 e. The second kappa shape index (κ2) is 6.93. The standard InChI is InChI=1S/C16H24O4/c1-3-4-5-6-7-11-8-9-12-13(15(17)19-2)10-20-16(18)14(11)12/h8,10,12,14,16,18H,3-7,9H2,1-2H3. The first-order valence-corrected chi connectivity index (χ1v) is 7.49. The number of ether oxygens (including phenoxy) is 2. The molecule has 4 nitrogen and oxygen atoms in total. The maximum Gasteiger partial charge on any atom is 0.337 e. The van der Waals surface area contributed by atoms with Gasteiger partial charge in [-0.15, -0.1) is 0 Å². The van der Waals surface area contributed by atoms with Crippen LogP contribution in [-0.4, -0.2) is 24.5 Å². The molecular weight excluding hydrogens is 256 g/mol. The van der Waals surface area contributed by atoms with Gasteiger partial charge in [-0.1, -0.05) is 37.8 Å². The minimum absolute atomic E-state index is 0.00683. The Morgan fingerprint density at radius 1 is 1.45 bits per heavy atom. The normalized spacial score (nSPS) is 28.2. The molecule has 0 aromatic heterocycles. The van der Waals surface area contributed by atoms with Crippen LogP contribution in [0.25, 0.3) is 0 Å². The van der Waals surface area contributed by atoms with E-state index in [1.54, 1.807) is 0 Å². The molecule has 112 valence electrons. The summed E-state index contributed by atoms with van der Waals surface area (Å²) in [5, 5.41) is 10.1. The maximum absolute atomic E-state index is 11.7. The summed E-state index contributed by atoms with van der Waals surface area (Å²) in [7, 11) is 1.37. The number of unbranched alkanes of at least 4 members (excludes halogenated alkanes) is 3. The van der Waals surface area contributed by atoms with E-state index in [0.29, 0.717) is 5.57 Å². The summed E-state index contributed by atoms with van der Waals surface area (Å²) in [6.45, 7) is 2.19. The van der Waals surface area contributed by atoms with Gasteiger partial charge >= 0.3 is 5.97 Å². The van der Waals surface area contributed by atoms with Gasteiger partial charge < -0.3 is 14.6 Å². The van der Waals surface area contributed by atoms with E-state index in [0.717, 1.165) is 19.3 Å². The molecule has 1 heterocycles. The van der Waals surface area contributed by atoms with Crippen molar-refractivity contribution < 1.29 is 19.4 Å². The lowest BCUT2D eigenvalue weighted by Crippen LogP contribution is -2.35. The Balaban J connectivity index is 2.00. The smallest absolute Gasteiger partial charge is 0.337 e. The summed E-state index contributed by atoms with van der Waals surface area (Å²) >= 11 is 0. The number of fused-ring (bicyclic) bond motifs is 1. The molecule has 0 amide bonds. The first-order valence-electron chi connectivity index (χ1n) is 7.49. The Morgan fingerprint density at radius 3 is 2.95 bits per heavy atom. The largest absolute Gasteiger partial charge is 0.472 e. The van der Waals surface area contributed by atoms with E-state index in [1.807, 2.05) is 0 Å². The van der Waals surface area contributed by atoms with E-state index < -0.39 is 6.29 Å². The molecule has 1 aliphatic heterocycles. The van der Waals surface area contributed by atoms with Crippen LogP contribution in [0.4, 0.5) is 0 Å². The highest BCUT2D eigenvalue weighted by Crippen LogP contribution is 2.44. The first-order chi connectivity index (χ1) is 9.69. The van der Waals surface area contributed by atoms with Gasteiger partial charge in [0, 0.05) is 11.8 Å². The summed E-state index contributed by atoms with van der Waals surface area (Å²) in [5.41, 5.74) is 1.77. The molecular formula is C16H24O4. The summed E-state index contributed by atoms with van der Waals surface area (Å²) in [6.07, 6.45) is 9.26. The van der Waals surface area contributed by atoms with Crippen molar-refractivity contribution in [2.75, 3.05) is 7.11 Å². The van der Waals surface area contributed by atoms with Crippen molar-refractivity contribution in [3.8, 4) is 0 Å². The van der Waals surface area contributed by atoms with Gasteiger partial charge in [-0.25, -0.2) is 4.79 Å². The van der Waals surface area contributed by atoms with Gasteiger partial charge in [0.25, 0.3) is 0 Å². The molecule has 20 heavy (non-hydrogen) atoms. The Bertz CT molecular complexity index is 411. The molecule has 3 atom stereocenters. The van der Waals surface area contributed by atoms with Gasteiger partial charge in [0.15, 0.2) is 0 Å². The Hall–Kier alpha value is -1.29. The maximum atomic E-state index is 11.7. The van der Waals surface area contributed by atoms with Crippen molar-refractivity contribution in [2.45, 2.75) is 51.7 Å². The average molecular weight is 280 g/mol. The van der Waals surface area contributed by atoms with E-state index in [4.69, 9.17) is 9.47 Å². The summed E-state index contributed by atoms with van der Waals surface area (Å²) < 4.78 is 10.0. The second-order valence-corrected chi connectivity index (χ2v) is 5.55. The zero-order valence-corrected chi connectivity index (χ0v) is 12.3. The molecule has 1 N–H and O–H groups in total. The molecule has 0 fully saturated rings. The van der Waals surface area contributed by atoms with Gasteiger partial charge in [-0.2, -0.15) is 0 Å². The fourth-order valence-corrected chi connectivity index (χ4v) is 3.18. The van der Waals surface area contributed by atoms with Gasteiger partial charge in [-0.05, 0) is 19.3 Å². The Morgan fingerprint density at radius 2 is 2.25 bits per heavy atom. The highest BCUT2D eigenvalue weighted by atomic mass is 16.6. The van der Waals surface area contributed by atoms with Crippen molar-refractivity contribution in [1.29, 1.82) is 0 Å². The molecule has 4 heteroatoms. The summed E-state index contributed by atoms with van der Waals surface area (Å²) in [4.78, 5) is 11.7. The molecule has 0 aromatic rings. The zero-order valence-electron chi connectivity index (χ0n) is 12.3. The van der Waals surface area contributed by atoms with E-state index >= 15 is 0 Å². The van der Waals surface area contributed by atoms with Crippen molar-refractivity contribution in [3.63, 3.8) is 0 Å². The van der Waals surface area contributed by atoms with Crippen LogP contribution in [-0.2, 0) is 14.3 Å². The predicted octanol–water partition coefficient (Wildman–Crippen LogP) is 2.92. The molecule has 0 saturated carbocycles. The summed E-state index contributed by atoms with van der Waals surface area (Å²) in [5.74, 6) is -0.435. The van der Waals surface area contributed by atoms with Crippen LogP contribution in [0.5, 0.6) is 0 Å². The second-order valence-electron chi connectivity index (χ2n) is 5.55. The Kier molecular flexibility index (Phi) is 5.24. The van der Waals surface area contributed by atoms with Gasteiger partial charge in [0.05, 0.1) is 18.9 Å². The van der Waals surface area contributed by atoms with Crippen molar-refractivity contribution >= 4 is 5.97 Å². The van der Waals surface area contributed by atoms with Crippen molar-refractivity contribution in [1.82, 2.24) is 0 Å². The number of aliphatic hydroxyl groups excluding tert-OH is 1. The van der Waals surface area contributed by atoms with Gasteiger partial charge in [-0.3, -0.25) is 0 Å². The number of allylic oxidation sites excluding steroid dienone is 1. The molecule has 3 unspecified atom stereocenters. The van der Waals surface area contributed by atoms with E-state index in [9.17, 15) is 9.90 Å². The van der Waals surface area contributed by atoms with E-state index in [2.05, 4.69) is 13.0 Å². The highest BCUT2D eigenvalue weighted by molar-refractivity contribution is 5.89. The number of carbonyl (C=O) groups excluding carboxylic acids is 1. The van der Waals surface area contributed by atoms with Crippen LogP contribution in [0, 0.1) is 11.8 Å². The number of carbonyl (C=O) groups is 1. The lowest BCUT2D eigenvalue weighted by Gasteiger charge is -2.32. The van der Waals surface area contributed by atoms with Gasteiger partial charge in [0.1, 0.15) is 0 Å². The average Bonchev–Trinajstić information content (AvgIpc) is 2.88. The van der Waals surface area contributed by atoms with Crippen LogP contribution in [0.2, 0.25) is 0 Å². The molecule has 0 radical (unpaired) electrons. The first kappa shape index (κ1) is 15.1. The van der Waals surface area contributed by atoms with Crippen LogP contribution < -0.4 is 0 Å². The number of esters is 1. The fourth-order valence-electron chi connectivity index (χ4n) is 3.18. The topological polar surface area (TPSA) is 55.8 Å². The van der Waals surface area contributed by atoms with Crippen LogP contribution in [0.15, 0.2) is 23.5 Å². The molecule has 0 bridgehead atoms. The molecule has 0 spiro atoms. The number of aliphatic hydroxyl groups is 1. The molecule has 0 saturated heterocycles. The van der Waals surface area contributed by atoms with Gasteiger partial charge in [0.2, 0.25) is 6.29 Å². The quantitative estimate of drug-likeness (QED) is 0.462. The van der Waals surface area contributed by atoms with Crippen LogP contribution in [0.3, 0.4) is 0 Å². The Labute approximate surface area is 120 Å². The zero-order chi connectivity index (χ0) is 14.5. The minimum atomic E-state index is -0.840. The summed E-state index contributed by atoms with van der Waals surface area (Å²) in [6, 6.07) is 0. The molecule has 1 aliphatic carbocycles. The fraction of sp³-hybridized carbons (Fsp3) is 0.688. The SMILES string of the molecule is CCCCCCC1=CCC2C(C(=O)OC)=COC(O)C12.